The Morgan fingerprint density at radius 2 is 2.20 bits per heavy atom. The summed E-state index contributed by atoms with van der Waals surface area (Å²) in [6, 6.07) is 8.68. The van der Waals surface area contributed by atoms with Crippen molar-refractivity contribution in [2.45, 2.75) is 44.2 Å². The zero-order valence-corrected chi connectivity index (χ0v) is 12.0. The minimum absolute atomic E-state index is 0.150. The number of nitrogens with one attached hydrogen (secondary N) is 1. The summed E-state index contributed by atoms with van der Waals surface area (Å²) < 4.78 is 0. The normalized spacial score (nSPS) is 30.2. The average molecular weight is 270 g/mol. The van der Waals surface area contributed by atoms with Crippen LogP contribution in [-0.2, 0) is 6.42 Å². The van der Waals surface area contributed by atoms with Crippen LogP contribution in [0.4, 0.5) is 0 Å². The molecule has 2 atom stereocenters. The summed E-state index contributed by atoms with van der Waals surface area (Å²) >= 11 is 0. The predicted octanol–water partition coefficient (Wildman–Crippen LogP) is 3.00. The lowest BCUT2D eigenvalue weighted by Crippen LogP contribution is -2.53. The van der Waals surface area contributed by atoms with Gasteiger partial charge in [-0.3, -0.25) is 4.90 Å². The van der Waals surface area contributed by atoms with Gasteiger partial charge in [-0.15, -0.1) is 0 Å². The molecule has 0 bridgehead atoms. The van der Waals surface area contributed by atoms with Crippen LogP contribution < -0.4 is 0 Å². The fourth-order valence-corrected chi connectivity index (χ4v) is 4.24. The molecule has 1 aromatic heterocycles. The lowest BCUT2D eigenvalue weighted by atomic mass is 9.77. The van der Waals surface area contributed by atoms with Crippen LogP contribution in [0.2, 0.25) is 0 Å². The van der Waals surface area contributed by atoms with Gasteiger partial charge >= 0.3 is 0 Å². The van der Waals surface area contributed by atoms with Crippen molar-refractivity contribution < 1.29 is 5.11 Å². The van der Waals surface area contributed by atoms with Crippen LogP contribution in [0.25, 0.3) is 10.9 Å². The monoisotopic (exact) mass is 270 g/mol. The summed E-state index contributed by atoms with van der Waals surface area (Å²) in [6.45, 7) is 4.30. The number of rotatable bonds is 1. The standard InChI is InChI=1S/C17H22N2O/c1-2-17(20)9-5-10-19-11-8-13-12-6-3-4-7-14(12)18-15(13)16(17)19/h3-4,6-7,16,18,20H,2,5,8-11H2,1H3. The Morgan fingerprint density at radius 1 is 1.35 bits per heavy atom. The van der Waals surface area contributed by atoms with Gasteiger partial charge in [0.15, 0.2) is 0 Å². The third kappa shape index (κ3) is 1.60. The van der Waals surface area contributed by atoms with Crippen molar-refractivity contribution in [1.29, 1.82) is 0 Å². The van der Waals surface area contributed by atoms with E-state index in [1.54, 1.807) is 0 Å². The third-order valence-electron chi connectivity index (χ3n) is 5.31. The highest BCUT2D eigenvalue weighted by Crippen LogP contribution is 2.45. The molecule has 2 aliphatic rings. The van der Waals surface area contributed by atoms with Gasteiger partial charge in [-0.2, -0.15) is 0 Å². The number of aliphatic hydroxyl groups is 1. The second kappa shape index (κ2) is 4.34. The molecule has 2 N–H and O–H groups in total. The molecule has 2 aromatic rings. The smallest absolute Gasteiger partial charge is 0.0856 e. The number of aromatic nitrogens is 1. The van der Waals surface area contributed by atoms with Crippen LogP contribution in [0.5, 0.6) is 0 Å². The molecule has 1 aromatic carbocycles. The van der Waals surface area contributed by atoms with E-state index >= 15 is 0 Å². The number of para-hydroxylation sites is 1. The maximum absolute atomic E-state index is 11.1. The molecule has 2 unspecified atom stereocenters. The fourth-order valence-electron chi connectivity index (χ4n) is 4.24. The zero-order chi connectivity index (χ0) is 13.7. The van der Waals surface area contributed by atoms with Crippen molar-refractivity contribution in [2.24, 2.45) is 0 Å². The first-order chi connectivity index (χ1) is 9.73. The quantitative estimate of drug-likeness (QED) is 0.836. The minimum atomic E-state index is -0.575. The first-order valence-electron chi connectivity index (χ1n) is 7.79. The number of piperidine rings is 1. The van der Waals surface area contributed by atoms with Crippen molar-refractivity contribution in [3.05, 3.63) is 35.5 Å². The Bertz CT molecular complexity index is 647. The molecule has 3 nitrogen and oxygen atoms in total. The second-order valence-corrected chi connectivity index (χ2v) is 6.31. The molecular weight excluding hydrogens is 248 g/mol. The van der Waals surface area contributed by atoms with Crippen LogP contribution >= 0.6 is 0 Å². The molecule has 3 heteroatoms. The van der Waals surface area contributed by atoms with Gasteiger partial charge in [0.1, 0.15) is 0 Å². The molecule has 1 saturated heterocycles. The molecule has 1 fully saturated rings. The van der Waals surface area contributed by atoms with Crippen LogP contribution in [0.1, 0.15) is 43.5 Å². The lowest BCUT2D eigenvalue weighted by Gasteiger charge is -2.49. The van der Waals surface area contributed by atoms with Gasteiger partial charge in [-0.1, -0.05) is 25.1 Å². The summed E-state index contributed by atoms with van der Waals surface area (Å²) in [5.41, 5.74) is 3.33. The summed E-state index contributed by atoms with van der Waals surface area (Å²) in [6.07, 6.45) is 3.94. The summed E-state index contributed by atoms with van der Waals surface area (Å²) in [5.74, 6) is 0. The minimum Gasteiger partial charge on any atom is -0.388 e. The zero-order valence-electron chi connectivity index (χ0n) is 12.0. The van der Waals surface area contributed by atoms with Crippen LogP contribution in [0, 0.1) is 0 Å². The lowest BCUT2D eigenvalue weighted by molar-refractivity contribution is -0.0903. The first-order valence-corrected chi connectivity index (χ1v) is 7.79. The first kappa shape index (κ1) is 12.4. The van der Waals surface area contributed by atoms with Crippen LogP contribution in [0.15, 0.2) is 24.3 Å². The Kier molecular flexibility index (Phi) is 2.69. The van der Waals surface area contributed by atoms with E-state index in [1.807, 2.05) is 0 Å². The molecule has 0 spiro atoms. The van der Waals surface area contributed by atoms with Crippen LogP contribution in [-0.4, -0.2) is 33.7 Å². The van der Waals surface area contributed by atoms with Crippen molar-refractivity contribution in [3.63, 3.8) is 0 Å². The second-order valence-electron chi connectivity index (χ2n) is 6.31. The Labute approximate surface area is 119 Å². The van der Waals surface area contributed by atoms with E-state index in [9.17, 15) is 5.11 Å². The molecule has 4 rings (SSSR count). The average Bonchev–Trinajstić information content (AvgIpc) is 2.85. The topological polar surface area (TPSA) is 39.3 Å². The molecule has 3 heterocycles. The van der Waals surface area contributed by atoms with Gasteiger partial charge in [0.2, 0.25) is 0 Å². The molecule has 0 saturated carbocycles. The molecule has 0 amide bonds. The number of benzene rings is 1. The predicted molar refractivity (Wildman–Crippen MR) is 80.8 cm³/mol. The van der Waals surface area contributed by atoms with E-state index in [2.05, 4.69) is 41.1 Å². The molecule has 2 aliphatic heterocycles. The van der Waals surface area contributed by atoms with E-state index in [4.69, 9.17) is 0 Å². The Hall–Kier alpha value is -1.32. The van der Waals surface area contributed by atoms with Crippen LogP contribution in [0.3, 0.4) is 0 Å². The number of aromatic amines is 1. The van der Waals surface area contributed by atoms with E-state index in [-0.39, 0.29) is 6.04 Å². The summed E-state index contributed by atoms with van der Waals surface area (Å²) in [7, 11) is 0. The van der Waals surface area contributed by atoms with Crippen molar-refractivity contribution in [3.8, 4) is 0 Å². The number of H-pyrrole nitrogens is 1. The molecular formula is C17H22N2O. The number of hydrogen-bond donors (Lipinski definition) is 2. The highest BCUT2D eigenvalue weighted by molar-refractivity contribution is 5.85. The fraction of sp³-hybridized carbons (Fsp3) is 0.529. The molecule has 106 valence electrons. The van der Waals surface area contributed by atoms with E-state index in [0.29, 0.717) is 0 Å². The molecule has 0 aliphatic carbocycles. The van der Waals surface area contributed by atoms with Gasteiger partial charge < -0.3 is 10.1 Å². The maximum atomic E-state index is 11.1. The van der Waals surface area contributed by atoms with Gasteiger partial charge in [-0.05, 0) is 43.9 Å². The SMILES string of the molecule is CCC1(O)CCCN2CCc3c([nH]c4ccccc34)C21. The number of nitrogens with zero attached hydrogens (tertiary/aromatic N) is 1. The number of fused-ring (bicyclic) bond motifs is 5. The maximum Gasteiger partial charge on any atom is 0.0856 e. The number of hydrogen-bond acceptors (Lipinski definition) is 2. The highest BCUT2D eigenvalue weighted by atomic mass is 16.3. The van der Waals surface area contributed by atoms with Gasteiger partial charge in [0.05, 0.1) is 11.6 Å². The Morgan fingerprint density at radius 3 is 3.05 bits per heavy atom. The van der Waals surface area contributed by atoms with Gasteiger partial charge in [0.25, 0.3) is 0 Å². The van der Waals surface area contributed by atoms with E-state index in [0.717, 1.165) is 38.8 Å². The highest BCUT2D eigenvalue weighted by Gasteiger charge is 2.46. The largest absolute Gasteiger partial charge is 0.388 e. The van der Waals surface area contributed by atoms with Gasteiger partial charge in [-0.25, -0.2) is 0 Å². The van der Waals surface area contributed by atoms with Crippen molar-refractivity contribution >= 4 is 10.9 Å². The third-order valence-corrected chi connectivity index (χ3v) is 5.31. The molecule has 0 radical (unpaired) electrons. The van der Waals surface area contributed by atoms with E-state index < -0.39 is 5.60 Å². The van der Waals surface area contributed by atoms with E-state index in [1.165, 1.54) is 22.2 Å². The van der Waals surface area contributed by atoms with Crippen molar-refractivity contribution in [2.75, 3.05) is 13.1 Å². The Balaban J connectivity index is 1.91. The van der Waals surface area contributed by atoms with Gasteiger partial charge in [0, 0.05) is 23.1 Å². The summed E-state index contributed by atoms with van der Waals surface area (Å²) in [5, 5.41) is 12.4. The summed E-state index contributed by atoms with van der Waals surface area (Å²) in [4.78, 5) is 6.08. The molecule has 20 heavy (non-hydrogen) atoms. The van der Waals surface area contributed by atoms with Crippen molar-refractivity contribution in [1.82, 2.24) is 9.88 Å².